The third kappa shape index (κ3) is 18.3. The predicted octanol–water partition coefficient (Wildman–Crippen LogP) is 19.7. The van der Waals surface area contributed by atoms with Crippen LogP contribution in [-0.2, 0) is 43.3 Å². The lowest BCUT2D eigenvalue weighted by Gasteiger charge is -2.32. The standard InChI is InChI=1S/C32H50O2S2.C31H48O2S2.CH4O/c1-28(2,3)22-16-20(17-23(26(22)33)29(4,5)6)35-32(13,14)36-21-18-24(30(7,8)9)27(34-15)25(19-21)31(10,11)12;1-27(2,3)21-15-19(16-22(25(21)32)28(4,5)6)34-31(13,14)35-20-17-23(29(7,8)9)26(33)24(18-20)30(10,11)12;1-2/h16-19,33H,1-15H3;15-18,32-33H,1-14H3;2H,1H3. The van der Waals surface area contributed by atoms with Crippen LogP contribution in [0.1, 0.15) is 238 Å². The van der Waals surface area contributed by atoms with E-state index in [0.29, 0.717) is 17.2 Å². The lowest BCUT2D eigenvalue weighted by atomic mass is 9.79. The summed E-state index contributed by atoms with van der Waals surface area (Å²) in [5.41, 5.74) is 7.50. The summed E-state index contributed by atoms with van der Waals surface area (Å²) in [5.74, 6) is 2.28. The van der Waals surface area contributed by atoms with Gasteiger partial charge in [0.25, 0.3) is 0 Å². The Labute approximate surface area is 464 Å². The average molecular weight is 1080 g/mol. The zero-order valence-electron chi connectivity index (χ0n) is 51.4. The van der Waals surface area contributed by atoms with Gasteiger partial charge in [-0.1, -0.05) is 166 Å². The summed E-state index contributed by atoms with van der Waals surface area (Å²) in [7, 11) is 2.79. The van der Waals surface area contributed by atoms with E-state index >= 15 is 0 Å². The van der Waals surface area contributed by atoms with Crippen LogP contribution >= 0.6 is 47.0 Å². The maximum absolute atomic E-state index is 11.2. The van der Waals surface area contributed by atoms with E-state index < -0.39 is 0 Å². The Bertz CT molecular complexity index is 2280. The summed E-state index contributed by atoms with van der Waals surface area (Å²) in [6.07, 6.45) is 0. The highest BCUT2D eigenvalue weighted by Gasteiger charge is 2.34. The van der Waals surface area contributed by atoms with Crippen molar-refractivity contribution in [1.82, 2.24) is 0 Å². The number of ether oxygens (including phenoxy) is 1. The van der Waals surface area contributed by atoms with Crippen molar-refractivity contribution in [3.05, 3.63) is 93.0 Å². The minimum Gasteiger partial charge on any atom is -0.507 e. The minimum atomic E-state index is -0.164. The van der Waals surface area contributed by atoms with Crippen LogP contribution < -0.4 is 4.74 Å². The summed E-state index contributed by atoms with van der Waals surface area (Å²) in [5, 5.41) is 40.4. The average Bonchev–Trinajstić information content (AvgIpc) is 3.16. The zero-order valence-corrected chi connectivity index (χ0v) is 54.7. The molecule has 0 bridgehead atoms. The summed E-state index contributed by atoms with van der Waals surface area (Å²) < 4.78 is 5.68. The zero-order chi connectivity index (χ0) is 57.4. The van der Waals surface area contributed by atoms with Crippen molar-refractivity contribution >= 4 is 47.0 Å². The van der Waals surface area contributed by atoms with Crippen LogP contribution in [-0.4, -0.2) is 42.8 Å². The first-order chi connectivity index (χ1) is 32.4. The summed E-state index contributed by atoms with van der Waals surface area (Å²) in [6, 6.07) is 17.7. The van der Waals surface area contributed by atoms with Gasteiger partial charge in [0.1, 0.15) is 23.0 Å². The first-order valence-corrected chi connectivity index (χ1v) is 29.2. The normalized spacial score (nSPS) is 13.5. The van der Waals surface area contributed by atoms with Gasteiger partial charge >= 0.3 is 0 Å². The second-order valence-electron chi connectivity index (χ2n) is 28.9. The van der Waals surface area contributed by atoms with Gasteiger partial charge in [0.15, 0.2) is 0 Å². The molecule has 0 aliphatic heterocycles. The Morgan fingerprint density at radius 1 is 0.274 bits per heavy atom. The second-order valence-corrected chi connectivity index (χ2v) is 36.2. The number of aliphatic hydroxyl groups excluding tert-OH is 1. The Morgan fingerprint density at radius 3 is 0.534 bits per heavy atom. The molecule has 4 aromatic carbocycles. The van der Waals surface area contributed by atoms with E-state index in [2.05, 4.69) is 242 Å². The van der Waals surface area contributed by atoms with Crippen LogP contribution in [0.4, 0.5) is 0 Å². The van der Waals surface area contributed by atoms with E-state index in [1.165, 1.54) is 30.7 Å². The number of aliphatic hydroxyl groups is 1. The molecule has 4 N–H and O–H groups in total. The van der Waals surface area contributed by atoms with Crippen LogP contribution in [0.2, 0.25) is 0 Å². The molecule has 4 aromatic rings. The van der Waals surface area contributed by atoms with Gasteiger partial charge in [0.05, 0.1) is 15.3 Å². The van der Waals surface area contributed by atoms with E-state index in [0.717, 1.165) is 46.2 Å². The van der Waals surface area contributed by atoms with Crippen LogP contribution in [0.3, 0.4) is 0 Å². The number of rotatable bonds is 9. The molecule has 0 aliphatic carbocycles. The van der Waals surface area contributed by atoms with Crippen molar-refractivity contribution in [2.24, 2.45) is 0 Å². The molecule has 5 nitrogen and oxygen atoms in total. The highest BCUT2D eigenvalue weighted by Crippen LogP contribution is 2.53. The summed E-state index contributed by atoms with van der Waals surface area (Å²) >= 11 is 7.42. The second kappa shape index (κ2) is 23.2. The van der Waals surface area contributed by atoms with Crippen molar-refractivity contribution in [1.29, 1.82) is 0 Å². The van der Waals surface area contributed by atoms with Crippen molar-refractivity contribution in [3.8, 4) is 23.0 Å². The molecule has 0 spiro atoms. The number of phenols is 3. The van der Waals surface area contributed by atoms with Crippen molar-refractivity contribution in [3.63, 3.8) is 0 Å². The monoisotopic (exact) mass is 1080 g/mol. The van der Waals surface area contributed by atoms with E-state index in [4.69, 9.17) is 9.84 Å². The van der Waals surface area contributed by atoms with Gasteiger partial charge in [-0.05, 0) is 120 Å². The SMILES string of the molecule is CC(C)(Sc1cc(C(C)(C)C)c(O)c(C(C)(C)C)c1)Sc1cc(C(C)(C)C)c(O)c(C(C)(C)C)c1.CO.COc1c(C(C)(C)C)cc(SC(C)(C)Sc2cc(C(C)(C)C)c(O)c(C(C)(C)C)c2)cc1C(C)(C)C. The van der Waals surface area contributed by atoms with Crippen LogP contribution in [0.25, 0.3) is 0 Å². The van der Waals surface area contributed by atoms with Gasteiger partial charge in [-0.25, -0.2) is 0 Å². The number of aromatic hydroxyl groups is 3. The predicted molar refractivity (Wildman–Crippen MR) is 327 cm³/mol. The molecule has 0 amide bonds. The molecule has 0 aromatic heterocycles. The minimum absolute atomic E-state index is 0.0284. The Morgan fingerprint density at radius 2 is 0.411 bits per heavy atom. The molecule has 0 aliphatic rings. The lowest BCUT2D eigenvalue weighted by molar-refractivity contribution is 0.380. The number of hydrogen-bond donors (Lipinski definition) is 4. The molecular weight excluding hydrogens is 977 g/mol. The Balaban J connectivity index is 0.000000484. The lowest BCUT2D eigenvalue weighted by Crippen LogP contribution is -2.20. The van der Waals surface area contributed by atoms with Crippen molar-refractivity contribution in [2.75, 3.05) is 14.2 Å². The maximum atomic E-state index is 11.2. The first kappa shape index (κ1) is 66.6. The molecule has 0 radical (unpaired) electrons. The third-order valence-electron chi connectivity index (χ3n) is 12.4. The molecule has 0 heterocycles. The van der Waals surface area contributed by atoms with Crippen LogP contribution in [0, 0.1) is 0 Å². The third-order valence-corrected chi connectivity index (χ3v) is 17.3. The number of benzene rings is 4. The topological polar surface area (TPSA) is 90.2 Å². The molecule has 0 unspecified atom stereocenters. The fourth-order valence-electron chi connectivity index (χ4n) is 8.60. The van der Waals surface area contributed by atoms with Gasteiger partial charge in [-0.2, -0.15) is 0 Å². The maximum Gasteiger partial charge on any atom is 0.126 e. The smallest absolute Gasteiger partial charge is 0.126 e. The van der Waals surface area contributed by atoms with Gasteiger partial charge in [0.2, 0.25) is 0 Å². The van der Waals surface area contributed by atoms with Gasteiger partial charge < -0.3 is 25.2 Å². The molecule has 0 atom stereocenters. The van der Waals surface area contributed by atoms with E-state index in [9.17, 15) is 15.3 Å². The Hall–Kier alpha value is -2.56. The number of phenolic OH excluding ortho intramolecular Hbond substituents is 3. The number of methoxy groups -OCH3 is 1. The Kier molecular flexibility index (Phi) is 21.1. The molecule has 4 rings (SSSR count). The summed E-state index contributed by atoms with van der Waals surface area (Å²) in [6.45, 7) is 61.5. The van der Waals surface area contributed by atoms with Crippen molar-refractivity contribution in [2.45, 2.75) is 265 Å². The number of hydrogen-bond acceptors (Lipinski definition) is 9. The molecule has 9 heteroatoms. The largest absolute Gasteiger partial charge is 0.507 e. The number of thioether (sulfide) groups is 4. The highest BCUT2D eigenvalue weighted by atomic mass is 32.2. The van der Waals surface area contributed by atoms with Gasteiger partial charge in [-0.15, -0.1) is 47.0 Å². The molecule has 0 saturated carbocycles. The van der Waals surface area contributed by atoms with Gasteiger partial charge in [-0.3, -0.25) is 0 Å². The van der Waals surface area contributed by atoms with Crippen LogP contribution in [0.15, 0.2) is 68.1 Å². The highest BCUT2D eigenvalue weighted by molar-refractivity contribution is 8.18. The van der Waals surface area contributed by atoms with E-state index in [1.807, 2.05) is 47.0 Å². The molecular formula is C64H102O5S4. The molecule has 73 heavy (non-hydrogen) atoms. The fraction of sp³-hybridized carbons (Fsp3) is 0.625. The fourth-order valence-corrected chi connectivity index (χ4v) is 13.8. The van der Waals surface area contributed by atoms with Crippen molar-refractivity contribution < 1.29 is 25.2 Å². The van der Waals surface area contributed by atoms with E-state index in [-0.39, 0.29) is 51.5 Å². The van der Waals surface area contributed by atoms with Crippen LogP contribution in [0.5, 0.6) is 23.0 Å². The van der Waals surface area contributed by atoms with Gasteiger partial charge in [0, 0.05) is 71.2 Å². The molecule has 0 fully saturated rings. The molecule has 412 valence electrons. The molecule has 0 saturated heterocycles. The quantitative estimate of drug-likeness (QED) is 0.0967. The van der Waals surface area contributed by atoms with E-state index in [1.54, 1.807) is 7.11 Å². The first-order valence-electron chi connectivity index (χ1n) is 26.0. The summed E-state index contributed by atoms with van der Waals surface area (Å²) in [4.78, 5) is 4.79.